The summed E-state index contributed by atoms with van der Waals surface area (Å²) in [5, 5.41) is 13.8. The van der Waals surface area contributed by atoms with Crippen LogP contribution in [0, 0.1) is 13.8 Å². The molecule has 1 aromatic heterocycles. The number of aliphatic hydroxyl groups is 1. The van der Waals surface area contributed by atoms with E-state index < -0.39 is 6.10 Å². The molecule has 0 aliphatic carbocycles. The number of aliphatic hydroxyl groups excluding tert-OH is 1. The Morgan fingerprint density at radius 1 is 1.29 bits per heavy atom. The summed E-state index contributed by atoms with van der Waals surface area (Å²) >= 11 is 0. The predicted octanol–water partition coefficient (Wildman–Crippen LogP) is 2.86. The molecule has 0 aliphatic rings. The maximum Gasteiger partial charge on any atom is 0.195 e. The van der Waals surface area contributed by atoms with Gasteiger partial charge in [-0.3, -0.25) is 4.79 Å². The lowest BCUT2D eigenvalue weighted by Gasteiger charge is -2.15. The zero-order valence-corrected chi connectivity index (χ0v) is 13.6. The molecule has 0 saturated carbocycles. The molecule has 0 aliphatic heterocycles. The van der Waals surface area contributed by atoms with Crippen LogP contribution in [-0.4, -0.2) is 17.7 Å². The van der Waals surface area contributed by atoms with Crippen LogP contribution in [-0.2, 0) is 0 Å². The Labute approximate surface area is 130 Å². The first kappa shape index (κ1) is 17.7. The highest BCUT2D eigenvalue weighted by molar-refractivity contribution is 5.85. The quantitative estimate of drug-likeness (QED) is 0.911. The maximum absolute atomic E-state index is 12.2. The zero-order chi connectivity index (χ0) is 14.9. The van der Waals surface area contributed by atoms with E-state index in [4.69, 9.17) is 4.42 Å². The second-order valence-corrected chi connectivity index (χ2v) is 5.45. The van der Waals surface area contributed by atoms with Crippen molar-refractivity contribution in [3.63, 3.8) is 0 Å². The molecule has 0 amide bonds. The molecular weight excluding hydrogens is 290 g/mol. The van der Waals surface area contributed by atoms with Crippen LogP contribution in [0.4, 0.5) is 0 Å². The fourth-order valence-electron chi connectivity index (χ4n) is 2.09. The molecule has 2 N–H and O–H groups in total. The van der Waals surface area contributed by atoms with Crippen molar-refractivity contribution in [3.05, 3.63) is 45.3 Å². The van der Waals surface area contributed by atoms with E-state index in [9.17, 15) is 9.90 Å². The van der Waals surface area contributed by atoms with Crippen LogP contribution in [0.2, 0.25) is 0 Å². The van der Waals surface area contributed by atoms with Gasteiger partial charge < -0.3 is 14.8 Å². The van der Waals surface area contributed by atoms with Crippen LogP contribution in [0.1, 0.15) is 36.8 Å². The number of nitrogens with one attached hydrogen (secondary N) is 1. The minimum atomic E-state index is -0.636. The first-order valence-electron chi connectivity index (χ1n) is 6.85. The average molecular weight is 312 g/mol. The molecule has 1 atom stereocenters. The van der Waals surface area contributed by atoms with E-state index in [-0.39, 0.29) is 17.8 Å². The zero-order valence-electron chi connectivity index (χ0n) is 12.8. The van der Waals surface area contributed by atoms with Crippen molar-refractivity contribution in [1.82, 2.24) is 5.32 Å². The van der Waals surface area contributed by atoms with E-state index in [1.807, 2.05) is 13.8 Å². The van der Waals surface area contributed by atoms with Crippen molar-refractivity contribution in [3.8, 4) is 0 Å². The van der Waals surface area contributed by atoms with Crippen molar-refractivity contribution < 1.29 is 9.52 Å². The summed E-state index contributed by atoms with van der Waals surface area (Å²) in [6.45, 7) is 8.04. The van der Waals surface area contributed by atoms with Crippen molar-refractivity contribution >= 4 is 23.4 Å². The SMILES string of the molecule is Cc1oc2ccc(C(O)CNC(C)C)cc2c(=O)c1C.Cl. The Bertz CT molecular complexity index is 679. The van der Waals surface area contributed by atoms with Crippen molar-refractivity contribution in [2.75, 3.05) is 6.54 Å². The van der Waals surface area contributed by atoms with Gasteiger partial charge >= 0.3 is 0 Å². The lowest BCUT2D eigenvalue weighted by Crippen LogP contribution is -2.27. The largest absolute Gasteiger partial charge is 0.461 e. The smallest absolute Gasteiger partial charge is 0.195 e. The average Bonchev–Trinajstić information content (AvgIpc) is 2.42. The Morgan fingerprint density at radius 3 is 2.57 bits per heavy atom. The van der Waals surface area contributed by atoms with Crippen molar-refractivity contribution in [2.24, 2.45) is 0 Å². The summed E-state index contributed by atoms with van der Waals surface area (Å²) in [5.74, 6) is 0.636. The van der Waals surface area contributed by atoms with E-state index in [0.717, 1.165) is 5.56 Å². The van der Waals surface area contributed by atoms with E-state index in [0.29, 0.717) is 34.9 Å². The molecule has 0 bridgehead atoms. The van der Waals surface area contributed by atoms with Gasteiger partial charge in [-0.2, -0.15) is 0 Å². The summed E-state index contributed by atoms with van der Waals surface area (Å²) in [5.41, 5.74) is 1.87. The van der Waals surface area contributed by atoms with Gasteiger partial charge in [-0.15, -0.1) is 12.4 Å². The van der Waals surface area contributed by atoms with Gasteiger partial charge in [0, 0.05) is 18.2 Å². The molecule has 0 fully saturated rings. The number of halogens is 1. The number of rotatable bonds is 4. The van der Waals surface area contributed by atoms with E-state index in [1.54, 1.807) is 32.0 Å². The standard InChI is InChI=1S/C16H21NO3.ClH/c1-9(2)17-8-14(18)12-5-6-15-13(7-12)16(19)10(3)11(4)20-15;/h5-7,9,14,17-18H,8H2,1-4H3;1H. The molecule has 1 unspecified atom stereocenters. The molecule has 0 radical (unpaired) electrons. The second kappa shape index (κ2) is 7.07. The number of benzene rings is 1. The summed E-state index contributed by atoms with van der Waals surface area (Å²) in [7, 11) is 0. The summed E-state index contributed by atoms with van der Waals surface area (Å²) in [6.07, 6.45) is -0.636. The first-order valence-corrected chi connectivity index (χ1v) is 6.85. The minimum Gasteiger partial charge on any atom is -0.461 e. The third-order valence-corrected chi connectivity index (χ3v) is 3.48. The fourth-order valence-corrected chi connectivity index (χ4v) is 2.09. The van der Waals surface area contributed by atoms with Crippen molar-refractivity contribution in [2.45, 2.75) is 39.8 Å². The highest BCUT2D eigenvalue weighted by Crippen LogP contribution is 2.20. The van der Waals surface area contributed by atoms with Crippen LogP contribution >= 0.6 is 12.4 Å². The Morgan fingerprint density at radius 2 is 1.95 bits per heavy atom. The van der Waals surface area contributed by atoms with Gasteiger partial charge in [0.2, 0.25) is 0 Å². The van der Waals surface area contributed by atoms with Crippen molar-refractivity contribution in [1.29, 1.82) is 0 Å². The number of fused-ring (bicyclic) bond motifs is 1. The molecule has 1 aromatic carbocycles. The molecule has 2 aromatic rings. The third kappa shape index (κ3) is 3.84. The maximum atomic E-state index is 12.2. The lowest BCUT2D eigenvalue weighted by molar-refractivity contribution is 0.172. The van der Waals surface area contributed by atoms with Crippen LogP contribution in [0.3, 0.4) is 0 Å². The molecule has 1 heterocycles. The molecular formula is C16H22ClNO3. The first-order chi connectivity index (χ1) is 9.40. The van der Waals surface area contributed by atoms with Gasteiger partial charge in [0.25, 0.3) is 0 Å². The third-order valence-electron chi connectivity index (χ3n) is 3.48. The van der Waals surface area contributed by atoms with E-state index >= 15 is 0 Å². The molecule has 0 spiro atoms. The van der Waals surface area contributed by atoms with Gasteiger partial charge in [-0.1, -0.05) is 19.9 Å². The molecule has 116 valence electrons. The monoisotopic (exact) mass is 311 g/mol. The number of hydrogen-bond donors (Lipinski definition) is 2. The Kier molecular flexibility index (Phi) is 5.96. The Hall–Kier alpha value is -1.36. The topological polar surface area (TPSA) is 62.5 Å². The molecule has 2 rings (SSSR count). The molecule has 21 heavy (non-hydrogen) atoms. The minimum absolute atomic E-state index is 0. The number of aryl methyl sites for hydroxylation is 1. The van der Waals surface area contributed by atoms with E-state index in [1.165, 1.54) is 0 Å². The van der Waals surface area contributed by atoms with Crippen LogP contribution in [0.25, 0.3) is 11.0 Å². The Balaban J connectivity index is 0.00000220. The van der Waals surface area contributed by atoms with Gasteiger partial charge in [0.05, 0.1) is 11.5 Å². The highest BCUT2D eigenvalue weighted by Gasteiger charge is 2.12. The summed E-state index contributed by atoms with van der Waals surface area (Å²) < 4.78 is 5.61. The van der Waals surface area contributed by atoms with Gasteiger partial charge in [0.15, 0.2) is 5.43 Å². The van der Waals surface area contributed by atoms with Gasteiger partial charge in [-0.05, 0) is 31.5 Å². The number of hydrogen-bond acceptors (Lipinski definition) is 4. The van der Waals surface area contributed by atoms with Crippen LogP contribution in [0.15, 0.2) is 27.4 Å². The normalized spacial score (nSPS) is 12.5. The lowest BCUT2D eigenvalue weighted by atomic mass is 10.0. The van der Waals surface area contributed by atoms with Gasteiger partial charge in [-0.25, -0.2) is 0 Å². The van der Waals surface area contributed by atoms with Gasteiger partial charge in [0.1, 0.15) is 11.3 Å². The predicted molar refractivity (Wildman–Crippen MR) is 87.3 cm³/mol. The van der Waals surface area contributed by atoms with E-state index in [2.05, 4.69) is 5.32 Å². The summed E-state index contributed by atoms with van der Waals surface area (Å²) in [6, 6.07) is 5.57. The molecule has 0 saturated heterocycles. The molecule has 5 heteroatoms. The molecule has 4 nitrogen and oxygen atoms in total. The second-order valence-electron chi connectivity index (χ2n) is 5.45. The van der Waals surface area contributed by atoms with Crippen LogP contribution < -0.4 is 10.7 Å². The van der Waals surface area contributed by atoms with Crippen LogP contribution in [0.5, 0.6) is 0 Å². The highest BCUT2D eigenvalue weighted by atomic mass is 35.5. The fraction of sp³-hybridized carbons (Fsp3) is 0.438. The summed E-state index contributed by atoms with van der Waals surface area (Å²) in [4.78, 5) is 12.2.